The molecule has 2 nitrogen and oxygen atoms in total. The van der Waals surface area contributed by atoms with Gasteiger partial charge in [0.2, 0.25) is 0 Å². The summed E-state index contributed by atoms with van der Waals surface area (Å²) in [7, 11) is 0. The largest absolute Gasteiger partial charge is 0.330 e. The molecule has 0 radical (unpaired) electrons. The summed E-state index contributed by atoms with van der Waals surface area (Å²) in [5.41, 5.74) is 7.47. The molecular formula is C16H28N2. The average Bonchev–Trinajstić information content (AvgIpc) is 2.40. The van der Waals surface area contributed by atoms with Gasteiger partial charge < -0.3 is 10.6 Å². The Hall–Kier alpha value is -0.860. The minimum Gasteiger partial charge on any atom is -0.330 e. The van der Waals surface area contributed by atoms with E-state index in [1.165, 1.54) is 18.4 Å². The van der Waals surface area contributed by atoms with Gasteiger partial charge in [-0.05, 0) is 31.5 Å². The number of nitrogens with two attached hydrogens (primary N) is 1. The van der Waals surface area contributed by atoms with Gasteiger partial charge in [-0.15, -0.1) is 0 Å². The molecule has 0 aliphatic carbocycles. The van der Waals surface area contributed by atoms with E-state index in [2.05, 4.69) is 56.0 Å². The molecule has 0 aliphatic rings. The SMILES string of the molecule is CCCN(CCC)CC(C)(CN)c1ccccc1. The maximum Gasteiger partial charge on any atom is 0.0174 e. The van der Waals surface area contributed by atoms with Crippen molar-refractivity contribution in [2.45, 2.75) is 39.0 Å². The first kappa shape index (κ1) is 15.2. The molecule has 1 aromatic rings. The summed E-state index contributed by atoms with van der Waals surface area (Å²) in [6, 6.07) is 10.7. The third-order valence-corrected chi connectivity index (χ3v) is 3.57. The lowest BCUT2D eigenvalue weighted by molar-refractivity contribution is 0.218. The van der Waals surface area contributed by atoms with Gasteiger partial charge in [0.05, 0.1) is 0 Å². The molecule has 1 rings (SSSR count). The van der Waals surface area contributed by atoms with Gasteiger partial charge in [0.15, 0.2) is 0 Å². The van der Waals surface area contributed by atoms with Crippen LogP contribution >= 0.6 is 0 Å². The highest BCUT2D eigenvalue weighted by molar-refractivity contribution is 5.25. The van der Waals surface area contributed by atoms with Crippen molar-refractivity contribution in [3.63, 3.8) is 0 Å². The minimum atomic E-state index is 0.0611. The molecule has 0 amide bonds. The topological polar surface area (TPSA) is 29.3 Å². The van der Waals surface area contributed by atoms with Gasteiger partial charge in [-0.2, -0.15) is 0 Å². The van der Waals surface area contributed by atoms with Crippen molar-refractivity contribution >= 4 is 0 Å². The van der Waals surface area contributed by atoms with E-state index < -0.39 is 0 Å². The third-order valence-electron chi connectivity index (χ3n) is 3.57. The average molecular weight is 248 g/mol. The molecular weight excluding hydrogens is 220 g/mol. The summed E-state index contributed by atoms with van der Waals surface area (Å²) < 4.78 is 0. The molecule has 2 heteroatoms. The molecule has 0 spiro atoms. The fourth-order valence-electron chi connectivity index (χ4n) is 2.51. The zero-order valence-corrected chi connectivity index (χ0v) is 12.2. The summed E-state index contributed by atoms with van der Waals surface area (Å²) in [5, 5.41) is 0. The second kappa shape index (κ2) is 7.55. The first-order chi connectivity index (χ1) is 8.66. The second-order valence-electron chi connectivity index (χ2n) is 5.41. The molecule has 0 aromatic heterocycles. The standard InChI is InChI=1S/C16H28N2/c1-4-11-18(12-5-2)14-16(3,13-17)15-9-7-6-8-10-15/h6-10H,4-5,11-14,17H2,1-3H3. The highest BCUT2D eigenvalue weighted by Gasteiger charge is 2.27. The first-order valence-electron chi connectivity index (χ1n) is 7.14. The fourth-order valence-corrected chi connectivity index (χ4v) is 2.51. The van der Waals surface area contributed by atoms with Crippen LogP contribution in [0.1, 0.15) is 39.2 Å². The van der Waals surface area contributed by atoms with Gasteiger partial charge in [-0.3, -0.25) is 0 Å². The molecule has 1 aromatic carbocycles. The molecule has 0 saturated carbocycles. The Morgan fingerprint density at radius 2 is 1.61 bits per heavy atom. The Morgan fingerprint density at radius 3 is 2.06 bits per heavy atom. The van der Waals surface area contributed by atoms with E-state index in [1.54, 1.807) is 0 Å². The minimum absolute atomic E-state index is 0.0611. The smallest absolute Gasteiger partial charge is 0.0174 e. The van der Waals surface area contributed by atoms with Crippen LogP contribution in [0.3, 0.4) is 0 Å². The normalized spacial score (nSPS) is 14.7. The molecule has 102 valence electrons. The van der Waals surface area contributed by atoms with E-state index in [-0.39, 0.29) is 5.41 Å². The van der Waals surface area contributed by atoms with Crippen molar-refractivity contribution < 1.29 is 0 Å². The van der Waals surface area contributed by atoms with Gasteiger partial charge in [0, 0.05) is 18.5 Å². The second-order valence-corrected chi connectivity index (χ2v) is 5.41. The van der Waals surface area contributed by atoms with Gasteiger partial charge in [-0.1, -0.05) is 51.1 Å². The van der Waals surface area contributed by atoms with Crippen molar-refractivity contribution in [1.82, 2.24) is 4.90 Å². The Bertz CT molecular complexity index is 317. The van der Waals surface area contributed by atoms with Crippen LogP contribution in [-0.2, 0) is 5.41 Å². The van der Waals surface area contributed by atoms with Gasteiger partial charge in [0.25, 0.3) is 0 Å². The maximum atomic E-state index is 6.05. The highest BCUT2D eigenvalue weighted by atomic mass is 15.1. The zero-order chi connectivity index (χ0) is 13.4. The molecule has 2 N–H and O–H groups in total. The quantitative estimate of drug-likeness (QED) is 0.766. The Balaban J connectivity index is 2.80. The van der Waals surface area contributed by atoms with Crippen LogP contribution < -0.4 is 5.73 Å². The van der Waals surface area contributed by atoms with Crippen LogP contribution in [0.4, 0.5) is 0 Å². The maximum absolute atomic E-state index is 6.05. The number of benzene rings is 1. The van der Waals surface area contributed by atoms with Crippen LogP contribution in [0.25, 0.3) is 0 Å². The highest BCUT2D eigenvalue weighted by Crippen LogP contribution is 2.24. The molecule has 0 fully saturated rings. The summed E-state index contributed by atoms with van der Waals surface area (Å²) in [4.78, 5) is 2.54. The number of nitrogens with zero attached hydrogens (tertiary/aromatic N) is 1. The van der Waals surface area contributed by atoms with E-state index in [9.17, 15) is 0 Å². The first-order valence-corrected chi connectivity index (χ1v) is 7.14. The van der Waals surface area contributed by atoms with Gasteiger partial charge >= 0.3 is 0 Å². The van der Waals surface area contributed by atoms with Crippen LogP contribution in [0.5, 0.6) is 0 Å². The fraction of sp³-hybridized carbons (Fsp3) is 0.625. The number of hydrogen-bond acceptors (Lipinski definition) is 2. The van der Waals surface area contributed by atoms with Crippen molar-refractivity contribution in [3.8, 4) is 0 Å². The lowest BCUT2D eigenvalue weighted by Gasteiger charge is -2.35. The molecule has 0 aliphatic heterocycles. The van der Waals surface area contributed by atoms with Gasteiger partial charge in [0.1, 0.15) is 0 Å². The van der Waals surface area contributed by atoms with Crippen LogP contribution in [0.2, 0.25) is 0 Å². The third kappa shape index (κ3) is 4.11. The monoisotopic (exact) mass is 248 g/mol. The molecule has 0 bridgehead atoms. The molecule has 18 heavy (non-hydrogen) atoms. The summed E-state index contributed by atoms with van der Waals surface area (Å²) in [6.45, 7) is 10.8. The summed E-state index contributed by atoms with van der Waals surface area (Å²) >= 11 is 0. The molecule has 0 saturated heterocycles. The van der Waals surface area contributed by atoms with E-state index in [4.69, 9.17) is 5.73 Å². The van der Waals surface area contributed by atoms with E-state index in [0.717, 1.165) is 19.6 Å². The predicted octanol–water partition coefficient (Wildman–Crippen LogP) is 3.03. The van der Waals surface area contributed by atoms with E-state index >= 15 is 0 Å². The Kier molecular flexibility index (Phi) is 6.37. The van der Waals surface area contributed by atoms with Crippen molar-refractivity contribution in [2.24, 2.45) is 5.73 Å². The molecule has 1 unspecified atom stereocenters. The Morgan fingerprint density at radius 1 is 1.06 bits per heavy atom. The van der Waals surface area contributed by atoms with Crippen LogP contribution in [0, 0.1) is 0 Å². The zero-order valence-electron chi connectivity index (χ0n) is 12.2. The molecule has 1 atom stereocenters. The summed E-state index contributed by atoms with van der Waals surface area (Å²) in [6.07, 6.45) is 2.41. The number of rotatable bonds is 8. The van der Waals surface area contributed by atoms with Crippen molar-refractivity contribution in [3.05, 3.63) is 35.9 Å². The summed E-state index contributed by atoms with van der Waals surface area (Å²) in [5.74, 6) is 0. The van der Waals surface area contributed by atoms with E-state index in [0.29, 0.717) is 6.54 Å². The predicted molar refractivity (Wildman–Crippen MR) is 79.9 cm³/mol. The number of hydrogen-bond donors (Lipinski definition) is 1. The van der Waals surface area contributed by atoms with Crippen LogP contribution in [0.15, 0.2) is 30.3 Å². The molecule has 0 heterocycles. The lowest BCUT2D eigenvalue weighted by atomic mass is 9.82. The Labute approximate surface area is 112 Å². The lowest BCUT2D eigenvalue weighted by Crippen LogP contribution is -2.44. The van der Waals surface area contributed by atoms with Crippen molar-refractivity contribution in [2.75, 3.05) is 26.2 Å². The van der Waals surface area contributed by atoms with Crippen LogP contribution in [-0.4, -0.2) is 31.1 Å². The van der Waals surface area contributed by atoms with E-state index in [1.807, 2.05) is 0 Å². The van der Waals surface area contributed by atoms with Crippen molar-refractivity contribution in [1.29, 1.82) is 0 Å². The van der Waals surface area contributed by atoms with Gasteiger partial charge in [-0.25, -0.2) is 0 Å².